The molecule has 8 nitrogen and oxygen atoms in total. The van der Waals surface area contributed by atoms with Gasteiger partial charge in [-0.1, -0.05) is 0 Å². The van der Waals surface area contributed by atoms with E-state index in [-0.39, 0.29) is 25.0 Å². The standard InChI is InChI=1S/C13H21N3O5/c1-13(21-6-11(18)19)7-16(8-13)12(20)14-5-4-10(17)15-9-2-3-9/h9H,2-8H2,1H3,(H,14,20)(H,15,17)(H,18,19). The van der Waals surface area contributed by atoms with E-state index in [2.05, 4.69) is 10.6 Å². The Kier molecular flexibility index (Phi) is 4.66. The highest BCUT2D eigenvalue weighted by atomic mass is 16.5. The van der Waals surface area contributed by atoms with Crippen molar-refractivity contribution in [1.29, 1.82) is 0 Å². The molecule has 2 fully saturated rings. The van der Waals surface area contributed by atoms with Gasteiger partial charge in [-0.3, -0.25) is 4.79 Å². The van der Waals surface area contributed by atoms with Gasteiger partial charge in [0.15, 0.2) is 0 Å². The molecular formula is C13H21N3O5. The van der Waals surface area contributed by atoms with Crippen molar-refractivity contribution in [2.45, 2.75) is 37.8 Å². The van der Waals surface area contributed by atoms with Crippen LogP contribution in [-0.2, 0) is 14.3 Å². The summed E-state index contributed by atoms with van der Waals surface area (Å²) in [6.45, 7) is 2.39. The highest BCUT2D eigenvalue weighted by Crippen LogP contribution is 2.24. The molecule has 3 N–H and O–H groups in total. The molecule has 0 aromatic heterocycles. The van der Waals surface area contributed by atoms with Gasteiger partial charge in [0.05, 0.1) is 13.1 Å². The maximum absolute atomic E-state index is 11.8. The number of nitrogens with zero attached hydrogens (tertiary/aromatic N) is 1. The Hall–Kier alpha value is -1.83. The highest BCUT2D eigenvalue weighted by molar-refractivity contribution is 5.79. The van der Waals surface area contributed by atoms with Crippen molar-refractivity contribution in [2.24, 2.45) is 0 Å². The van der Waals surface area contributed by atoms with Gasteiger partial charge >= 0.3 is 12.0 Å². The van der Waals surface area contributed by atoms with Crippen LogP contribution in [0.3, 0.4) is 0 Å². The summed E-state index contributed by atoms with van der Waals surface area (Å²) >= 11 is 0. The summed E-state index contributed by atoms with van der Waals surface area (Å²) in [4.78, 5) is 35.2. The van der Waals surface area contributed by atoms with Gasteiger partial charge in [-0.15, -0.1) is 0 Å². The van der Waals surface area contributed by atoms with Crippen LogP contribution in [0.2, 0.25) is 0 Å². The minimum atomic E-state index is -1.03. The molecule has 1 saturated carbocycles. The van der Waals surface area contributed by atoms with E-state index in [1.165, 1.54) is 4.90 Å². The summed E-state index contributed by atoms with van der Waals surface area (Å²) in [7, 11) is 0. The number of amides is 3. The third kappa shape index (κ3) is 4.89. The number of carboxylic acids is 1. The molecule has 1 aliphatic heterocycles. The fraction of sp³-hybridized carbons (Fsp3) is 0.769. The number of rotatable bonds is 7. The normalized spacial score (nSPS) is 19.6. The Bertz CT molecular complexity index is 430. The van der Waals surface area contributed by atoms with Crippen molar-refractivity contribution >= 4 is 17.9 Å². The summed E-state index contributed by atoms with van der Waals surface area (Å²) in [5.41, 5.74) is -0.598. The number of aliphatic carboxylic acids is 1. The molecule has 0 spiro atoms. The minimum absolute atomic E-state index is 0.0453. The van der Waals surface area contributed by atoms with E-state index < -0.39 is 11.6 Å². The van der Waals surface area contributed by atoms with Crippen LogP contribution >= 0.6 is 0 Å². The first-order valence-corrected chi connectivity index (χ1v) is 7.06. The molecule has 1 saturated heterocycles. The monoisotopic (exact) mass is 299 g/mol. The predicted molar refractivity (Wildman–Crippen MR) is 72.7 cm³/mol. The van der Waals surface area contributed by atoms with Crippen molar-refractivity contribution in [3.05, 3.63) is 0 Å². The van der Waals surface area contributed by atoms with Crippen molar-refractivity contribution in [2.75, 3.05) is 26.2 Å². The molecular weight excluding hydrogens is 278 g/mol. The van der Waals surface area contributed by atoms with E-state index in [0.29, 0.717) is 25.7 Å². The van der Waals surface area contributed by atoms with Crippen LogP contribution in [0.1, 0.15) is 26.2 Å². The molecule has 118 valence electrons. The van der Waals surface area contributed by atoms with E-state index in [1.54, 1.807) is 6.92 Å². The van der Waals surface area contributed by atoms with Crippen LogP contribution in [-0.4, -0.2) is 65.8 Å². The second kappa shape index (κ2) is 6.30. The molecule has 0 unspecified atom stereocenters. The average Bonchev–Trinajstić information content (AvgIpc) is 3.16. The van der Waals surface area contributed by atoms with Crippen molar-refractivity contribution in [3.63, 3.8) is 0 Å². The van der Waals surface area contributed by atoms with Gasteiger partial charge < -0.3 is 25.4 Å². The number of carboxylic acid groups (broad SMARTS) is 1. The SMILES string of the molecule is CC1(OCC(=O)O)CN(C(=O)NCCC(=O)NC2CC2)C1. The summed E-state index contributed by atoms with van der Waals surface area (Å²) in [6.07, 6.45) is 2.35. The van der Waals surface area contributed by atoms with Gasteiger partial charge in [0.1, 0.15) is 12.2 Å². The Morgan fingerprint density at radius 2 is 2.00 bits per heavy atom. The van der Waals surface area contributed by atoms with Gasteiger partial charge in [-0.25, -0.2) is 9.59 Å². The third-order valence-corrected chi connectivity index (χ3v) is 3.45. The van der Waals surface area contributed by atoms with Crippen LogP contribution in [0.25, 0.3) is 0 Å². The Morgan fingerprint density at radius 3 is 2.57 bits per heavy atom. The van der Waals surface area contributed by atoms with Crippen LogP contribution in [0.4, 0.5) is 4.79 Å². The number of carbonyl (C=O) groups is 3. The fourth-order valence-electron chi connectivity index (χ4n) is 2.15. The highest BCUT2D eigenvalue weighted by Gasteiger charge is 2.42. The quantitative estimate of drug-likeness (QED) is 0.589. The van der Waals surface area contributed by atoms with E-state index in [0.717, 1.165) is 12.8 Å². The lowest BCUT2D eigenvalue weighted by molar-refractivity contribution is -0.159. The first-order valence-electron chi connectivity index (χ1n) is 7.06. The van der Waals surface area contributed by atoms with Crippen molar-refractivity contribution in [3.8, 4) is 0 Å². The van der Waals surface area contributed by atoms with E-state index in [1.807, 2.05) is 0 Å². The van der Waals surface area contributed by atoms with Crippen LogP contribution < -0.4 is 10.6 Å². The largest absolute Gasteiger partial charge is 0.480 e. The predicted octanol–water partition coefficient (Wildman–Crippen LogP) is -0.460. The number of carbonyl (C=O) groups excluding carboxylic acids is 2. The fourth-order valence-corrected chi connectivity index (χ4v) is 2.15. The number of likely N-dealkylation sites (tertiary alicyclic amines) is 1. The lowest BCUT2D eigenvalue weighted by Gasteiger charge is -2.46. The molecule has 0 aromatic rings. The number of nitrogens with one attached hydrogen (secondary N) is 2. The number of ether oxygens (including phenoxy) is 1. The number of hydrogen-bond acceptors (Lipinski definition) is 4. The lowest BCUT2D eigenvalue weighted by Crippen LogP contribution is -2.65. The third-order valence-electron chi connectivity index (χ3n) is 3.45. The van der Waals surface area contributed by atoms with Crippen LogP contribution in [0.15, 0.2) is 0 Å². The average molecular weight is 299 g/mol. The molecule has 0 radical (unpaired) electrons. The summed E-state index contributed by atoms with van der Waals surface area (Å²) in [5, 5.41) is 14.1. The summed E-state index contributed by atoms with van der Waals surface area (Å²) < 4.78 is 5.22. The van der Waals surface area contributed by atoms with Crippen molar-refractivity contribution in [1.82, 2.24) is 15.5 Å². The molecule has 0 aromatic carbocycles. The number of hydrogen-bond donors (Lipinski definition) is 3. The lowest BCUT2D eigenvalue weighted by atomic mass is 9.97. The minimum Gasteiger partial charge on any atom is -0.480 e. The first kappa shape index (κ1) is 15.6. The second-order valence-electron chi connectivity index (χ2n) is 5.81. The first-order chi connectivity index (χ1) is 9.88. The molecule has 8 heteroatoms. The molecule has 1 heterocycles. The van der Waals surface area contributed by atoms with Crippen molar-refractivity contribution < 1.29 is 24.2 Å². The zero-order valence-electron chi connectivity index (χ0n) is 12.1. The molecule has 1 aliphatic carbocycles. The van der Waals surface area contributed by atoms with Gasteiger partial charge in [0.2, 0.25) is 5.91 Å². The molecule has 2 aliphatic rings. The smallest absolute Gasteiger partial charge is 0.329 e. The van der Waals surface area contributed by atoms with Crippen LogP contribution in [0.5, 0.6) is 0 Å². The Balaban J connectivity index is 1.57. The van der Waals surface area contributed by atoms with E-state index in [4.69, 9.17) is 9.84 Å². The van der Waals surface area contributed by atoms with Gasteiger partial charge in [0.25, 0.3) is 0 Å². The van der Waals surface area contributed by atoms with Gasteiger partial charge in [-0.2, -0.15) is 0 Å². The molecule has 0 bridgehead atoms. The second-order valence-corrected chi connectivity index (χ2v) is 5.81. The van der Waals surface area contributed by atoms with Gasteiger partial charge in [0, 0.05) is 19.0 Å². The van der Waals surface area contributed by atoms with E-state index in [9.17, 15) is 14.4 Å². The maximum atomic E-state index is 11.8. The molecule has 2 rings (SSSR count). The Labute approximate surface area is 122 Å². The zero-order valence-corrected chi connectivity index (χ0v) is 12.1. The molecule has 21 heavy (non-hydrogen) atoms. The van der Waals surface area contributed by atoms with Crippen LogP contribution in [0, 0.1) is 0 Å². The number of urea groups is 1. The molecule has 3 amide bonds. The summed E-state index contributed by atoms with van der Waals surface area (Å²) in [5.74, 6) is -1.07. The Morgan fingerprint density at radius 1 is 1.33 bits per heavy atom. The topological polar surface area (TPSA) is 108 Å². The van der Waals surface area contributed by atoms with E-state index >= 15 is 0 Å². The molecule has 0 atom stereocenters. The van der Waals surface area contributed by atoms with Gasteiger partial charge in [-0.05, 0) is 19.8 Å². The summed E-state index contributed by atoms with van der Waals surface area (Å²) in [6, 6.07) is 0.0706. The zero-order chi connectivity index (χ0) is 15.5. The maximum Gasteiger partial charge on any atom is 0.329 e.